The molecule has 2 aromatic rings. The summed E-state index contributed by atoms with van der Waals surface area (Å²) in [6.07, 6.45) is 4.64. The van der Waals surface area contributed by atoms with Crippen molar-refractivity contribution in [1.82, 2.24) is 9.29 Å². The zero-order valence-electron chi connectivity index (χ0n) is 13.7. The van der Waals surface area contributed by atoms with Crippen LogP contribution in [0.1, 0.15) is 24.3 Å². The van der Waals surface area contributed by atoms with Gasteiger partial charge in [0.15, 0.2) is 5.82 Å². The normalized spacial score (nSPS) is 15.9. The number of nitrogens with one attached hydrogen (secondary N) is 2. The molecule has 0 radical (unpaired) electrons. The second-order valence-corrected chi connectivity index (χ2v) is 6.91. The summed E-state index contributed by atoms with van der Waals surface area (Å²) in [6.45, 7) is 2.10. The molecule has 0 aliphatic carbocycles. The maximum absolute atomic E-state index is 10.8. The summed E-state index contributed by atoms with van der Waals surface area (Å²) < 4.78 is 2.43. The van der Waals surface area contributed by atoms with E-state index >= 15 is 0 Å². The molecule has 24 heavy (non-hydrogen) atoms. The first-order valence-corrected chi connectivity index (χ1v) is 8.94. The molecule has 2 heterocycles. The zero-order valence-corrected chi connectivity index (χ0v) is 14.6. The van der Waals surface area contributed by atoms with Crippen LogP contribution in [0.3, 0.4) is 0 Å². The van der Waals surface area contributed by atoms with Gasteiger partial charge in [0.05, 0.1) is 5.69 Å². The van der Waals surface area contributed by atoms with Crippen LogP contribution < -0.4 is 10.6 Å². The number of anilines is 2. The van der Waals surface area contributed by atoms with Crippen molar-refractivity contribution in [3.8, 4) is 0 Å². The number of nitrogens with zero attached hydrogens (tertiary/aromatic N) is 2. The topological polar surface area (TPSA) is 57.3 Å². The number of hydrogen-bond acceptors (Lipinski definition) is 5. The average Bonchev–Trinajstić information content (AvgIpc) is 2.63. The molecule has 5 nitrogen and oxygen atoms in total. The third-order valence-electron chi connectivity index (χ3n) is 4.30. The average molecular weight is 342 g/mol. The number of carbonyl (C=O) groups is 1. The van der Waals surface area contributed by atoms with Gasteiger partial charge in [0.1, 0.15) is 0 Å². The van der Waals surface area contributed by atoms with E-state index in [-0.39, 0.29) is 0 Å². The molecule has 1 aliphatic rings. The summed E-state index contributed by atoms with van der Waals surface area (Å²) in [5.74, 6) is 1.08. The minimum Gasteiger partial charge on any atom is -0.385 e. The van der Waals surface area contributed by atoms with Gasteiger partial charge in [0.2, 0.25) is 6.41 Å². The Morgan fingerprint density at radius 1 is 1.21 bits per heavy atom. The molecule has 1 amide bonds. The summed E-state index contributed by atoms with van der Waals surface area (Å²) >= 11 is 1.83. The summed E-state index contributed by atoms with van der Waals surface area (Å²) in [6, 6.07) is 12.6. The van der Waals surface area contributed by atoms with Crippen LogP contribution in [0.25, 0.3) is 0 Å². The predicted molar refractivity (Wildman–Crippen MR) is 99.3 cm³/mol. The number of benzene rings is 1. The van der Waals surface area contributed by atoms with Crippen molar-refractivity contribution in [2.75, 3.05) is 30.8 Å². The summed E-state index contributed by atoms with van der Waals surface area (Å²) in [7, 11) is 1.87. The van der Waals surface area contributed by atoms with Crippen molar-refractivity contribution in [3.63, 3.8) is 0 Å². The van der Waals surface area contributed by atoms with Gasteiger partial charge in [-0.25, -0.2) is 9.29 Å². The van der Waals surface area contributed by atoms with Crippen LogP contribution in [0.2, 0.25) is 0 Å². The molecule has 0 atom stereocenters. The first-order valence-electron chi connectivity index (χ1n) is 8.16. The molecule has 1 aliphatic heterocycles. The molecule has 0 bridgehead atoms. The lowest BCUT2D eigenvalue weighted by Crippen LogP contribution is -2.28. The Kier molecular flexibility index (Phi) is 5.72. The third-order valence-corrected chi connectivity index (χ3v) is 5.41. The van der Waals surface area contributed by atoms with Crippen molar-refractivity contribution in [1.29, 1.82) is 0 Å². The van der Waals surface area contributed by atoms with Crippen molar-refractivity contribution < 1.29 is 4.79 Å². The molecule has 3 rings (SSSR count). The van der Waals surface area contributed by atoms with Crippen molar-refractivity contribution >= 4 is 29.9 Å². The fourth-order valence-electron chi connectivity index (χ4n) is 3.13. The second kappa shape index (κ2) is 8.17. The number of rotatable bonds is 6. The van der Waals surface area contributed by atoms with Crippen LogP contribution in [-0.4, -0.2) is 35.8 Å². The van der Waals surface area contributed by atoms with Gasteiger partial charge in [-0.15, -0.1) is 0 Å². The van der Waals surface area contributed by atoms with Gasteiger partial charge in [-0.3, -0.25) is 4.79 Å². The predicted octanol–water partition coefficient (Wildman–Crippen LogP) is 3.58. The molecule has 1 aromatic heterocycles. The zero-order chi connectivity index (χ0) is 16.8. The van der Waals surface area contributed by atoms with Crippen LogP contribution in [-0.2, 0) is 4.79 Å². The maximum Gasteiger partial charge on any atom is 0.212 e. The van der Waals surface area contributed by atoms with E-state index in [0.717, 1.165) is 31.6 Å². The van der Waals surface area contributed by atoms with Gasteiger partial charge >= 0.3 is 0 Å². The van der Waals surface area contributed by atoms with Gasteiger partial charge in [-0.2, -0.15) is 0 Å². The second-order valence-electron chi connectivity index (χ2n) is 5.74. The van der Waals surface area contributed by atoms with Gasteiger partial charge in [-0.1, -0.05) is 18.2 Å². The van der Waals surface area contributed by atoms with Gasteiger partial charge in [0.25, 0.3) is 0 Å². The highest BCUT2D eigenvalue weighted by Gasteiger charge is 2.24. The first-order chi connectivity index (χ1) is 11.8. The lowest BCUT2D eigenvalue weighted by Gasteiger charge is -2.32. The van der Waals surface area contributed by atoms with E-state index in [9.17, 15) is 4.79 Å². The van der Waals surface area contributed by atoms with Gasteiger partial charge in [0, 0.05) is 31.2 Å². The van der Waals surface area contributed by atoms with Crippen molar-refractivity contribution in [2.45, 2.75) is 23.7 Å². The number of aromatic nitrogens is 1. The van der Waals surface area contributed by atoms with E-state index in [1.54, 1.807) is 6.20 Å². The molecular weight excluding hydrogens is 320 g/mol. The minimum absolute atomic E-state index is 0.482. The Balaban J connectivity index is 1.66. The van der Waals surface area contributed by atoms with Crippen LogP contribution >= 0.6 is 11.9 Å². The molecule has 2 N–H and O–H groups in total. The van der Waals surface area contributed by atoms with Gasteiger partial charge < -0.3 is 10.6 Å². The Labute approximate surface area is 147 Å². The molecule has 0 spiro atoms. The molecular formula is C18H22N4OS. The van der Waals surface area contributed by atoms with Crippen molar-refractivity contribution in [3.05, 3.63) is 48.2 Å². The SMILES string of the molecule is CNc1c(C2CCN(Sc3ccccc3)CC2)ccnc1NC=O. The molecule has 1 fully saturated rings. The van der Waals surface area contributed by atoms with E-state index in [1.165, 1.54) is 10.5 Å². The Bertz CT molecular complexity index is 672. The number of amides is 1. The quantitative estimate of drug-likeness (QED) is 0.621. The largest absolute Gasteiger partial charge is 0.385 e. The van der Waals surface area contributed by atoms with Crippen LogP contribution in [0, 0.1) is 0 Å². The number of carbonyl (C=O) groups excluding carboxylic acids is 1. The summed E-state index contributed by atoms with van der Waals surface area (Å²) in [4.78, 5) is 16.3. The molecule has 0 saturated carbocycles. The summed E-state index contributed by atoms with van der Waals surface area (Å²) in [5, 5.41) is 5.87. The Morgan fingerprint density at radius 2 is 1.96 bits per heavy atom. The van der Waals surface area contributed by atoms with E-state index in [1.807, 2.05) is 25.1 Å². The lowest BCUT2D eigenvalue weighted by atomic mass is 9.89. The fraction of sp³-hybridized carbons (Fsp3) is 0.333. The number of hydrogen-bond donors (Lipinski definition) is 2. The van der Waals surface area contributed by atoms with Crippen LogP contribution in [0.4, 0.5) is 11.5 Å². The standard InChI is InChI=1S/C18H22N4OS/c1-19-17-16(7-10-20-18(17)21-13-23)14-8-11-22(12-9-14)24-15-5-3-2-4-6-15/h2-7,10,13-14,19H,8-9,11-12H2,1H3,(H,20,21,23). The first kappa shape index (κ1) is 16.8. The van der Waals surface area contributed by atoms with Crippen LogP contribution in [0.5, 0.6) is 0 Å². The van der Waals surface area contributed by atoms with E-state index < -0.39 is 0 Å². The van der Waals surface area contributed by atoms with E-state index in [0.29, 0.717) is 18.1 Å². The maximum atomic E-state index is 10.8. The highest BCUT2D eigenvalue weighted by Crippen LogP contribution is 2.37. The molecule has 6 heteroatoms. The van der Waals surface area contributed by atoms with Gasteiger partial charge in [-0.05, 0) is 54.5 Å². The van der Waals surface area contributed by atoms with E-state index in [2.05, 4.69) is 50.3 Å². The monoisotopic (exact) mass is 342 g/mol. The molecule has 1 saturated heterocycles. The number of pyridine rings is 1. The molecule has 0 unspecified atom stereocenters. The Hall–Kier alpha value is -2.05. The number of piperidine rings is 1. The fourth-order valence-corrected chi connectivity index (χ4v) is 4.10. The summed E-state index contributed by atoms with van der Waals surface area (Å²) in [5.41, 5.74) is 2.17. The van der Waals surface area contributed by atoms with Crippen LogP contribution in [0.15, 0.2) is 47.5 Å². The smallest absolute Gasteiger partial charge is 0.212 e. The van der Waals surface area contributed by atoms with E-state index in [4.69, 9.17) is 0 Å². The molecule has 126 valence electrons. The molecule has 1 aromatic carbocycles. The van der Waals surface area contributed by atoms with Crippen molar-refractivity contribution in [2.24, 2.45) is 0 Å². The third kappa shape index (κ3) is 3.88. The highest BCUT2D eigenvalue weighted by molar-refractivity contribution is 7.97. The Morgan fingerprint density at radius 3 is 2.62 bits per heavy atom. The minimum atomic E-state index is 0.482. The highest BCUT2D eigenvalue weighted by atomic mass is 32.2. The lowest BCUT2D eigenvalue weighted by molar-refractivity contribution is -0.105.